The fourth-order valence-corrected chi connectivity index (χ4v) is 2.17. The molecule has 8 nitrogen and oxygen atoms in total. The van der Waals surface area contributed by atoms with E-state index in [9.17, 15) is 9.59 Å². The van der Waals surface area contributed by atoms with E-state index in [2.05, 4.69) is 20.1 Å². The zero-order chi connectivity index (χ0) is 16.6. The van der Waals surface area contributed by atoms with Crippen LogP contribution in [0.1, 0.15) is 66.4 Å². The Hall–Kier alpha value is -2.51. The van der Waals surface area contributed by atoms with E-state index in [0.29, 0.717) is 23.5 Å². The van der Waals surface area contributed by atoms with E-state index < -0.39 is 11.5 Å². The van der Waals surface area contributed by atoms with Crippen molar-refractivity contribution in [1.29, 1.82) is 0 Å². The molecule has 23 heavy (non-hydrogen) atoms. The summed E-state index contributed by atoms with van der Waals surface area (Å²) in [5.41, 5.74) is -0.396. The molecule has 0 aromatic carbocycles. The Kier molecular flexibility index (Phi) is 3.97. The number of rotatable bonds is 5. The summed E-state index contributed by atoms with van der Waals surface area (Å²) >= 11 is 0. The monoisotopic (exact) mass is 317 g/mol. The maximum absolute atomic E-state index is 12.4. The number of H-pyrrole nitrogens is 1. The van der Waals surface area contributed by atoms with Gasteiger partial charge in [-0.3, -0.25) is 9.59 Å². The number of amides is 1. The van der Waals surface area contributed by atoms with Crippen molar-refractivity contribution in [2.75, 3.05) is 7.05 Å². The number of nitrogens with zero attached hydrogens (tertiary/aromatic N) is 4. The largest absolute Gasteiger partial charge is 0.337 e. The van der Waals surface area contributed by atoms with Crippen molar-refractivity contribution in [3.05, 3.63) is 39.7 Å². The lowest BCUT2D eigenvalue weighted by Gasteiger charge is -2.14. The van der Waals surface area contributed by atoms with Gasteiger partial charge in [-0.1, -0.05) is 19.0 Å². The van der Waals surface area contributed by atoms with Crippen molar-refractivity contribution < 1.29 is 9.32 Å². The number of aromatic amines is 1. The van der Waals surface area contributed by atoms with Crippen LogP contribution in [-0.2, 0) is 6.54 Å². The minimum absolute atomic E-state index is 0.0144. The lowest BCUT2D eigenvalue weighted by molar-refractivity contribution is 0.0767. The quantitative estimate of drug-likeness (QED) is 0.894. The summed E-state index contributed by atoms with van der Waals surface area (Å²) in [6.07, 6.45) is 3.41. The van der Waals surface area contributed by atoms with Crippen LogP contribution in [0.4, 0.5) is 0 Å². The molecular weight excluding hydrogens is 298 g/mol. The van der Waals surface area contributed by atoms with Crippen LogP contribution in [0, 0.1) is 0 Å². The average molecular weight is 317 g/mol. The predicted molar refractivity (Wildman–Crippen MR) is 81.0 cm³/mol. The second kappa shape index (κ2) is 5.94. The first-order chi connectivity index (χ1) is 11.0. The molecule has 0 bridgehead atoms. The van der Waals surface area contributed by atoms with Crippen molar-refractivity contribution in [1.82, 2.24) is 25.0 Å². The van der Waals surface area contributed by atoms with Gasteiger partial charge in [0.15, 0.2) is 5.82 Å². The van der Waals surface area contributed by atoms with E-state index in [0.717, 1.165) is 12.8 Å². The Labute approximate surface area is 132 Å². The van der Waals surface area contributed by atoms with Gasteiger partial charge in [-0.15, -0.1) is 0 Å². The summed E-state index contributed by atoms with van der Waals surface area (Å²) in [5.74, 6) is 1.64. The molecular formula is C15H19N5O3. The molecule has 1 amide bonds. The van der Waals surface area contributed by atoms with Crippen molar-refractivity contribution in [2.45, 2.75) is 45.1 Å². The first-order valence-corrected chi connectivity index (χ1v) is 7.63. The van der Waals surface area contributed by atoms with Crippen molar-refractivity contribution >= 4 is 5.91 Å². The van der Waals surface area contributed by atoms with E-state index in [1.54, 1.807) is 7.05 Å². The van der Waals surface area contributed by atoms with E-state index in [1.165, 1.54) is 11.1 Å². The van der Waals surface area contributed by atoms with E-state index in [1.807, 2.05) is 13.8 Å². The van der Waals surface area contributed by atoms with Gasteiger partial charge in [-0.2, -0.15) is 4.98 Å². The van der Waals surface area contributed by atoms with Gasteiger partial charge in [0, 0.05) is 25.1 Å². The van der Waals surface area contributed by atoms with Crippen LogP contribution in [0.5, 0.6) is 0 Å². The summed E-state index contributed by atoms with van der Waals surface area (Å²) < 4.78 is 5.12. The normalized spacial score (nSPS) is 14.3. The molecule has 3 rings (SSSR count). The third-order valence-corrected chi connectivity index (χ3v) is 3.73. The zero-order valence-corrected chi connectivity index (χ0v) is 13.4. The maximum atomic E-state index is 12.4. The van der Waals surface area contributed by atoms with E-state index in [-0.39, 0.29) is 18.0 Å². The number of carbonyl (C=O) groups is 1. The Balaban J connectivity index is 1.72. The molecule has 122 valence electrons. The van der Waals surface area contributed by atoms with E-state index >= 15 is 0 Å². The van der Waals surface area contributed by atoms with Crippen molar-refractivity contribution in [3.8, 4) is 0 Å². The van der Waals surface area contributed by atoms with Crippen molar-refractivity contribution in [3.63, 3.8) is 0 Å². The molecule has 1 saturated carbocycles. The van der Waals surface area contributed by atoms with Crippen LogP contribution in [0.15, 0.2) is 15.5 Å². The fraction of sp³-hybridized carbons (Fsp3) is 0.533. The first kappa shape index (κ1) is 15.4. The molecule has 1 aliphatic rings. The number of hydrogen-bond donors (Lipinski definition) is 1. The minimum atomic E-state index is -0.426. The molecule has 0 unspecified atom stereocenters. The maximum Gasteiger partial charge on any atom is 0.263 e. The molecule has 1 aliphatic carbocycles. The first-order valence-electron chi connectivity index (χ1n) is 7.63. The lowest BCUT2D eigenvalue weighted by Crippen LogP contribution is -2.32. The summed E-state index contributed by atoms with van der Waals surface area (Å²) in [5, 5.41) is 3.85. The smallest absolute Gasteiger partial charge is 0.263 e. The molecule has 0 spiro atoms. The number of hydrogen-bond acceptors (Lipinski definition) is 6. The molecule has 2 aromatic heterocycles. The zero-order valence-electron chi connectivity index (χ0n) is 13.4. The minimum Gasteiger partial charge on any atom is -0.337 e. The van der Waals surface area contributed by atoms with Crippen LogP contribution >= 0.6 is 0 Å². The fourth-order valence-electron chi connectivity index (χ4n) is 2.17. The summed E-state index contributed by atoms with van der Waals surface area (Å²) in [7, 11) is 1.58. The van der Waals surface area contributed by atoms with Gasteiger partial charge >= 0.3 is 0 Å². The SMILES string of the molecule is CC(C)c1noc(CN(C)C(=O)c2cnc(C3CC3)[nH]c2=O)n1. The van der Waals surface area contributed by atoms with Crippen LogP contribution in [-0.4, -0.2) is 38.0 Å². The molecule has 0 radical (unpaired) electrons. The van der Waals surface area contributed by atoms with Gasteiger partial charge in [0.1, 0.15) is 11.4 Å². The number of aromatic nitrogens is 4. The predicted octanol–water partition coefficient (Wildman–Crippen LogP) is 1.43. The van der Waals surface area contributed by atoms with Crippen molar-refractivity contribution in [2.24, 2.45) is 0 Å². The average Bonchev–Trinajstić information content (AvgIpc) is 3.26. The Morgan fingerprint density at radius 1 is 1.48 bits per heavy atom. The van der Waals surface area contributed by atoms with Crippen LogP contribution in [0.2, 0.25) is 0 Å². The third kappa shape index (κ3) is 3.30. The second-order valence-corrected chi connectivity index (χ2v) is 6.15. The lowest BCUT2D eigenvalue weighted by atomic mass is 10.2. The van der Waals surface area contributed by atoms with Gasteiger partial charge in [0.2, 0.25) is 5.89 Å². The standard InChI is InChI=1S/C15H19N5O3/c1-8(2)12-17-11(23-19-12)7-20(3)15(22)10-6-16-13(9-4-5-9)18-14(10)21/h6,8-9H,4-5,7H2,1-3H3,(H,16,18,21). The van der Waals surface area contributed by atoms with Gasteiger partial charge in [0.25, 0.3) is 11.5 Å². The summed E-state index contributed by atoms with van der Waals surface area (Å²) in [6, 6.07) is 0. The highest BCUT2D eigenvalue weighted by molar-refractivity contribution is 5.93. The number of nitrogens with one attached hydrogen (secondary N) is 1. The van der Waals surface area contributed by atoms with Crippen LogP contribution in [0.25, 0.3) is 0 Å². The highest BCUT2D eigenvalue weighted by Gasteiger charge is 2.27. The topological polar surface area (TPSA) is 105 Å². The molecule has 0 saturated heterocycles. The highest BCUT2D eigenvalue weighted by atomic mass is 16.5. The van der Waals surface area contributed by atoms with Gasteiger partial charge in [0.05, 0.1) is 6.54 Å². The van der Waals surface area contributed by atoms with Gasteiger partial charge in [-0.25, -0.2) is 4.98 Å². The Morgan fingerprint density at radius 3 is 2.78 bits per heavy atom. The third-order valence-electron chi connectivity index (χ3n) is 3.73. The molecule has 2 aromatic rings. The second-order valence-electron chi connectivity index (χ2n) is 6.15. The molecule has 2 heterocycles. The Morgan fingerprint density at radius 2 is 2.22 bits per heavy atom. The highest BCUT2D eigenvalue weighted by Crippen LogP contribution is 2.37. The van der Waals surface area contributed by atoms with Crippen LogP contribution < -0.4 is 5.56 Å². The number of carbonyl (C=O) groups excluding carboxylic acids is 1. The molecule has 8 heteroatoms. The van der Waals surface area contributed by atoms with Gasteiger partial charge in [-0.05, 0) is 12.8 Å². The summed E-state index contributed by atoms with van der Waals surface area (Å²) in [6.45, 7) is 4.05. The van der Waals surface area contributed by atoms with Gasteiger partial charge < -0.3 is 14.4 Å². The summed E-state index contributed by atoms with van der Waals surface area (Å²) in [4.78, 5) is 36.9. The molecule has 1 N–H and O–H groups in total. The molecule has 0 aliphatic heterocycles. The molecule has 1 fully saturated rings. The Bertz CT molecular complexity index is 775. The molecule has 0 atom stereocenters. The van der Waals surface area contributed by atoms with Crippen LogP contribution in [0.3, 0.4) is 0 Å². The van der Waals surface area contributed by atoms with E-state index in [4.69, 9.17) is 4.52 Å².